The smallest absolute Gasteiger partial charge is 0.287 e. The van der Waals surface area contributed by atoms with Gasteiger partial charge >= 0.3 is 0 Å². The molecule has 1 aromatic heterocycles. The zero-order chi connectivity index (χ0) is 20.6. The van der Waals surface area contributed by atoms with E-state index in [1.807, 2.05) is 0 Å². The van der Waals surface area contributed by atoms with Crippen LogP contribution in [0.15, 0.2) is 41.3 Å². The molecule has 0 aliphatic rings. The standard InChI is InChI=1S/C15H13F2N7O3S/c16-9-5-6-10(18)12(17)11(9)13(25)24-14(19)22-15(23-24)21-7-1-3-8(4-2-7)28(20,26)27/h1-6H,18H2,(H2,20,26,27)(H3,19,21,22,23). The number of nitrogens with one attached hydrogen (secondary N) is 1. The number of sulfonamides is 1. The van der Waals surface area contributed by atoms with Crippen LogP contribution < -0.4 is 21.9 Å². The number of carbonyl (C=O) groups is 1. The molecule has 28 heavy (non-hydrogen) atoms. The predicted octanol–water partition coefficient (Wildman–Crippen LogP) is 0.800. The van der Waals surface area contributed by atoms with Crippen molar-refractivity contribution in [3.63, 3.8) is 0 Å². The zero-order valence-electron chi connectivity index (χ0n) is 13.9. The van der Waals surface area contributed by atoms with Crippen molar-refractivity contribution >= 4 is 39.2 Å². The van der Waals surface area contributed by atoms with Crippen LogP contribution in [0.1, 0.15) is 10.4 Å². The van der Waals surface area contributed by atoms with Gasteiger partial charge in [0, 0.05) is 5.69 Å². The third kappa shape index (κ3) is 3.60. The number of nitrogen functional groups attached to an aromatic ring is 2. The van der Waals surface area contributed by atoms with Gasteiger partial charge < -0.3 is 16.8 Å². The highest BCUT2D eigenvalue weighted by Crippen LogP contribution is 2.22. The molecule has 2 aromatic carbocycles. The molecular formula is C15H13F2N7O3S. The van der Waals surface area contributed by atoms with Gasteiger partial charge in [-0.05, 0) is 36.4 Å². The summed E-state index contributed by atoms with van der Waals surface area (Å²) in [5, 5.41) is 11.4. The molecule has 3 rings (SSSR count). The first-order valence-electron chi connectivity index (χ1n) is 7.48. The molecule has 13 heteroatoms. The van der Waals surface area contributed by atoms with E-state index in [1.54, 1.807) is 0 Å². The normalized spacial score (nSPS) is 11.4. The second-order valence-electron chi connectivity index (χ2n) is 5.53. The highest BCUT2D eigenvalue weighted by atomic mass is 32.2. The molecule has 0 atom stereocenters. The summed E-state index contributed by atoms with van der Waals surface area (Å²) in [6.07, 6.45) is 0. The Kier molecular flexibility index (Phi) is 4.70. The third-order valence-corrected chi connectivity index (χ3v) is 4.53. The average molecular weight is 409 g/mol. The van der Waals surface area contributed by atoms with E-state index in [2.05, 4.69) is 15.4 Å². The van der Waals surface area contributed by atoms with Gasteiger partial charge in [-0.15, -0.1) is 5.10 Å². The van der Waals surface area contributed by atoms with Gasteiger partial charge in [0.1, 0.15) is 11.4 Å². The number of nitrogens with two attached hydrogens (primary N) is 3. The Morgan fingerprint density at radius 3 is 2.32 bits per heavy atom. The summed E-state index contributed by atoms with van der Waals surface area (Å²) < 4.78 is 50.9. The van der Waals surface area contributed by atoms with Crippen molar-refractivity contribution in [3.8, 4) is 0 Å². The molecule has 10 nitrogen and oxygen atoms in total. The van der Waals surface area contributed by atoms with Crippen LogP contribution in [0.4, 0.5) is 32.1 Å². The van der Waals surface area contributed by atoms with E-state index in [4.69, 9.17) is 16.6 Å². The summed E-state index contributed by atoms with van der Waals surface area (Å²) in [5.74, 6) is -4.19. The van der Waals surface area contributed by atoms with Crippen LogP contribution in [0.5, 0.6) is 0 Å². The monoisotopic (exact) mass is 409 g/mol. The van der Waals surface area contributed by atoms with Crippen molar-refractivity contribution < 1.29 is 22.0 Å². The van der Waals surface area contributed by atoms with E-state index < -0.39 is 44.8 Å². The topological polar surface area (TPSA) is 172 Å². The molecule has 7 N–H and O–H groups in total. The number of benzene rings is 2. The Hall–Kier alpha value is -3.58. The van der Waals surface area contributed by atoms with Gasteiger partial charge in [-0.3, -0.25) is 4.79 Å². The maximum Gasteiger partial charge on any atom is 0.287 e. The number of aromatic nitrogens is 3. The van der Waals surface area contributed by atoms with Crippen LogP contribution >= 0.6 is 0 Å². The number of anilines is 4. The fraction of sp³-hybridized carbons (Fsp3) is 0. The highest BCUT2D eigenvalue weighted by molar-refractivity contribution is 7.89. The summed E-state index contributed by atoms with van der Waals surface area (Å²) in [7, 11) is -3.86. The molecule has 0 fully saturated rings. The third-order valence-electron chi connectivity index (χ3n) is 3.60. The molecule has 0 aliphatic carbocycles. The highest BCUT2D eigenvalue weighted by Gasteiger charge is 2.24. The SMILES string of the molecule is Nc1ccc(F)c(C(=O)n2nc(Nc3ccc(S(N)(=O)=O)cc3)nc2N)c1F. The van der Waals surface area contributed by atoms with Crippen LogP contribution in [0.2, 0.25) is 0 Å². The van der Waals surface area contributed by atoms with Crippen LogP contribution in [-0.4, -0.2) is 29.1 Å². The second kappa shape index (κ2) is 6.86. The van der Waals surface area contributed by atoms with E-state index in [1.165, 1.54) is 24.3 Å². The largest absolute Gasteiger partial charge is 0.396 e. The lowest BCUT2D eigenvalue weighted by atomic mass is 10.1. The van der Waals surface area contributed by atoms with Crippen molar-refractivity contribution in [2.45, 2.75) is 4.90 Å². The van der Waals surface area contributed by atoms with Crippen molar-refractivity contribution in [3.05, 3.63) is 53.6 Å². The summed E-state index contributed by atoms with van der Waals surface area (Å²) in [6.45, 7) is 0. The summed E-state index contributed by atoms with van der Waals surface area (Å²) in [4.78, 5) is 16.1. The number of nitrogens with zero attached hydrogens (tertiary/aromatic N) is 3. The molecule has 0 unspecified atom stereocenters. The molecular weight excluding hydrogens is 396 g/mol. The van der Waals surface area contributed by atoms with Gasteiger partial charge in [-0.1, -0.05) is 0 Å². The molecule has 146 valence electrons. The minimum atomic E-state index is -3.86. The minimum Gasteiger partial charge on any atom is -0.396 e. The Bertz CT molecular complexity index is 1180. The molecule has 0 amide bonds. The van der Waals surface area contributed by atoms with Gasteiger partial charge in [0.2, 0.25) is 21.9 Å². The first kappa shape index (κ1) is 19.2. The van der Waals surface area contributed by atoms with Gasteiger partial charge in [0.05, 0.1) is 10.6 Å². The number of hydrogen-bond donors (Lipinski definition) is 4. The quantitative estimate of drug-likeness (QED) is 0.458. The maximum atomic E-state index is 14.1. The van der Waals surface area contributed by atoms with Crippen LogP contribution in [-0.2, 0) is 10.0 Å². The van der Waals surface area contributed by atoms with Crippen molar-refractivity contribution in [1.82, 2.24) is 14.8 Å². The number of rotatable bonds is 4. The van der Waals surface area contributed by atoms with E-state index >= 15 is 0 Å². The van der Waals surface area contributed by atoms with Gasteiger partial charge in [-0.25, -0.2) is 22.3 Å². The summed E-state index contributed by atoms with van der Waals surface area (Å²) >= 11 is 0. The molecule has 1 heterocycles. The fourth-order valence-corrected chi connectivity index (χ4v) is 2.77. The van der Waals surface area contributed by atoms with E-state index in [-0.39, 0.29) is 10.8 Å². The predicted molar refractivity (Wildman–Crippen MR) is 96.0 cm³/mol. The fourth-order valence-electron chi connectivity index (χ4n) is 2.25. The van der Waals surface area contributed by atoms with Gasteiger partial charge in [0.25, 0.3) is 5.91 Å². The lowest BCUT2D eigenvalue weighted by Crippen LogP contribution is -2.20. The molecule has 0 bridgehead atoms. The summed E-state index contributed by atoms with van der Waals surface area (Å²) in [5.41, 5.74) is 9.96. The average Bonchev–Trinajstić information content (AvgIpc) is 2.98. The van der Waals surface area contributed by atoms with Crippen LogP contribution in [0, 0.1) is 11.6 Å². The van der Waals surface area contributed by atoms with Crippen molar-refractivity contribution in [2.24, 2.45) is 5.14 Å². The van der Waals surface area contributed by atoms with E-state index in [9.17, 15) is 22.0 Å². The van der Waals surface area contributed by atoms with Crippen LogP contribution in [0.25, 0.3) is 0 Å². The molecule has 0 aliphatic heterocycles. The first-order valence-corrected chi connectivity index (χ1v) is 9.03. The lowest BCUT2D eigenvalue weighted by molar-refractivity contribution is 0.0939. The van der Waals surface area contributed by atoms with Crippen LogP contribution in [0.3, 0.4) is 0 Å². The zero-order valence-corrected chi connectivity index (χ0v) is 14.7. The lowest BCUT2D eigenvalue weighted by Gasteiger charge is -2.06. The number of halogens is 2. The Morgan fingerprint density at radius 2 is 1.71 bits per heavy atom. The first-order chi connectivity index (χ1) is 13.1. The van der Waals surface area contributed by atoms with E-state index in [0.29, 0.717) is 10.4 Å². The number of carbonyl (C=O) groups excluding carboxylic acids is 1. The summed E-state index contributed by atoms with van der Waals surface area (Å²) in [6, 6.07) is 7.03. The Morgan fingerprint density at radius 1 is 1.07 bits per heavy atom. The van der Waals surface area contributed by atoms with Crippen molar-refractivity contribution in [2.75, 3.05) is 16.8 Å². The molecule has 0 saturated heterocycles. The number of hydrogen-bond acceptors (Lipinski definition) is 8. The minimum absolute atomic E-state index is 0.112. The van der Waals surface area contributed by atoms with Gasteiger partial charge in [0.15, 0.2) is 5.82 Å². The molecule has 0 saturated carbocycles. The molecule has 0 radical (unpaired) electrons. The second-order valence-corrected chi connectivity index (χ2v) is 7.09. The van der Waals surface area contributed by atoms with Crippen molar-refractivity contribution in [1.29, 1.82) is 0 Å². The van der Waals surface area contributed by atoms with E-state index in [0.717, 1.165) is 12.1 Å². The molecule has 3 aromatic rings. The maximum absolute atomic E-state index is 14.1. The Labute approximate surface area is 157 Å². The number of primary sulfonamides is 1. The van der Waals surface area contributed by atoms with Gasteiger partial charge in [-0.2, -0.15) is 9.67 Å². The Balaban J connectivity index is 1.90. The molecule has 0 spiro atoms.